The predicted octanol–water partition coefficient (Wildman–Crippen LogP) is 3.04. The van der Waals surface area contributed by atoms with Gasteiger partial charge in [-0.15, -0.1) is 8.78 Å². The topological polar surface area (TPSA) is 100 Å². The SMILES string of the molecule is COC(=O)C(CCC(=O)c1ccc2c(c1)OC(F)(F)O2)NC(=O)OC(C)(C)C. The van der Waals surface area contributed by atoms with E-state index in [4.69, 9.17) is 4.74 Å². The maximum Gasteiger partial charge on any atom is 0.586 e. The molecule has 0 spiro atoms. The van der Waals surface area contributed by atoms with Crippen LogP contribution in [-0.2, 0) is 14.3 Å². The van der Waals surface area contributed by atoms with Crippen LogP contribution in [0, 0.1) is 0 Å². The average molecular weight is 401 g/mol. The summed E-state index contributed by atoms with van der Waals surface area (Å²) in [5.41, 5.74) is -0.671. The summed E-state index contributed by atoms with van der Waals surface area (Å²) in [4.78, 5) is 36.1. The number of carbonyl (C=O) groups is 3. The number of benzene rings is 1. The standard InChI is InChI=1S/C18H21F2NO7/c1-17(2,3)28-16(24)21-11(15(23)25-4)6-7-12(22)10-5-8-13-14(9-10)27-18(19,20)26-13/h5,8-9,11H,6-7H2,1-4H3,(H,21,24). The number of carbonyl (C=O) groups excluding carboxylic acids is 3. The number of alkyl halides is 2. The zero-order valence-electron chi connectivity index (χ0n) is 15.8. The van der Waals surface area contributed by atoms with Crippen molar-refractivity contribution in [3.05, 3.63) is 23.8 Å². The number of ether oxygens (including phenoxy) is 4. The number of nitrogens with one attached hydrogen (secondary N) is 1. The molecule has 1 atom stereocenters. The van der Waals surface area contributed by atoms with Gasteiger partial charge in [-0.1, -0.05) is 0 Å². The van der Waals surface area contributed by atoms with Gasteiger partial charge in [0, 0.05) is 12.0 Å². The monoisotopic (exact) mass is 401 g/mol. The van der Waals surface area contributed by atoms with Crippen molar-refractivity contribution in [2.75, 3.05) is 7.11 Å². The summed E-state index contributed by atoms with van der Waals surface area (Å²) in [5, 5.41) is 2.35. The fourth-order valence-corrected chi connectivity index (χ4v) is 2.38. The Morgan fingerprint density at radius 2 is 1.82 bits per heavy atom. The van der Waals surface area contributed by atoms with Crippen LogP contribution in [-0.4, -0.2) is 42.9 Å². The molecule has 0 aromatic heterocycles. The van der Waals surface area contributed by atoms with E-state index in [2.05, 4.69) is 19.5 Å². The van der Waals surface area contributed by atoms with Gasteiger partial charge in [-0.3, -0.25) is 4.79 Å². The number of halogens is 2. The normalized spacial score (nSPS) is 15.5. The number of hydrogen-bond acceptors (Lipinski definition) is 7. The number of fused-ring (bicyclic) bond motifs is 1. The zero-order valence-corrected chi connectivity index (χ0v) is 15.8. The summed E-state index contributed by atoms with van der Waals surface area (Å²) < 4.78 is 44.4. The molecule has 2 rings (SSSR count). The fraction of sp³-hybridized carbons (Fsp3) is 0.500. The molecule has 1 aromatic carbocycles. The summed E-state index contributed by atoms with van der Waals surface area (Å²) in [6.07, 6.45) is -4.85. The van der Waals surface area contributed by atoms with Crippen molar-refractivity contribution in [2.24, 2.45) is 0 Å². The molecule has 1 N–H and O–H groups in total. The van der Waals surface area contributed by atoms with Gasteiger partial charge in [0.05, 0.1) is 7.11 Å². The molecule has 0 radical (unpaired) electrons. The highest BCUT2D eigenvalue weighted by molar-refractivity contribution is 5.97. The van der Waals surface area contributed by atoms with Crippen molar-refractivity contribution in [3.8, 4) is 11.5 Å². The molecule has 0 saturated heterocycles. The van der Waals surface area contributed by atoms with Gasteiger partial charge in [-0.25, -0.2) is 9.59 Å². The molecular weight excluding hydrogens is 380 g/mol. The number of hydrogen-bond donors (Lipinski definition) is 1. The van der Waals surface area contributed by atoms with Crippen molar-refractivity contribution in [3.63, 3.8) is 0 Å². The van der Waals surface area contributed by atoms with Gasteiger partial charge in [0.1, 0.15) is 11.6 Å². The van der Waals surface area contributed by atoms with Crippen LogP contribution in [0.5, 0.6) is 11.5 Å². The lowest BCUT2D eigenvalue weighted by atomic mass is 10.0. The number of Topliss-reactive ketones (excluding diaryl/α,β-unsaturated/α-hetero) is 1. The van der Waals surface area contributed by atoms with E-state index < -0.39 is 35.8 Å². The Kier molecular flexibility index (Phi) is 6.10. The highest BCUT2D eigenvalue weighted by atomic mass is 19.3. The van der Waals surface area contributed by atoms with Gasteiger partial charge in [0.15, 0.2) is 17.3 Å². The Bertz CT molecular complexity index is 774. The Morgan fingerprint density at radius 3 is 2.43 bits per heavy atom. The van der Waals surface area contributed by atoms with E-state index in [1.807, 2.05) is 0 Å². The first-order valence-electron chi connectivity index (χ1n) is 8.40. The molecule has 1 unspecified atom stereocenters. The summed E-state index contributed by atoms with van der Waals surface area (Å²) in [5.74, 6) is -1.63. The van der Waals surface area contributed by atoms with Crippen molar-refractivity contribution in [1.29, 1.82) is 0 Å². The molecule has 1 aliphatic heterocycles. The van der Waals surface area contributed by atoms with Gasteiger partial charge < -0.3 is 24.3 Å². The summed E-state index contributed by atoms with van der Waals surface area (Å²) in [6, 6.07) is 2.52. The third kappa shape index (κ3) is 5.80. The Labute approximate surface area is 160 Å². The van der Waals surface area contributed by atoms with Crippen LogP contribution < -0.4 is 14.8 Å². The van der Waals surface area contributed by atoms with E-state index in [0.717, 1.165) is 13.2 Å². The largest absolute Gasteiger partial charge is 0.586 e. The van der Waals surface area contributed by atoms with Crippen molar-refractivity contribution in [2.45, 2.75) is 51.6 Å². The molecule has 0 fully saturated rings. The van der Waals surface area contributed by atoms with Crippen LogP contribution in [0.3, 0.4) is 0 Å². The summed E-state index contributed by atoms with van der Waals surface area (Å²) in [7, 11) is 1.14. The van der Waals surface area contributed by atoms with Gasteiger partial charge in [0.2, 0.25) is 0 Å². The molecule has 28 heavy (non-hydrogen) atoms. The first kappa shape index (κ1) is 21.4. The van der Waals surface area contributed by atoms with E-state index in [1.54, 1.807) is 20.8 Å². The first-order valence-corrected chi connectivity index (χ1v) is 8.40. The van der Waals surface area contributed by atoms with Crippen LogP contribution >= 0.6 is 0 Å². The number of alkyl carbamates (subject to hydrolysis) is 1. The maximum absolute atomic E-state index is 13.1. The third-order valence-corrected chi connectivity index (χ3v) is 3.56. The number of methoxy groups -OCH3 is 1. The fourth-order valence-electron chi connectivity index (χ4n) is 2.38. The smallest absolute Gasteiger partial charge is 0.467 e. The Morgan fingerprint density at radius 1 is 1.18 bits per heavy atom. The molecule has 10 heteroatoms. The molecule has 8 nitrogen and oxygen atoms in total. The minimum atomic E-state index is -3.78. The quantitative estimate of drug-likeness (QED) is 0.578. The lowest BCUT2D eigenvalue weighted by molar-refractivity contribution is -0.286. The van der Waals surface area contributed by atoms with Crippen molar-refractivity contribution >= 4 is 17.8 Å². The van der Waals surface area contributed by atoms with E-state index in [-0.39, 0.29) is 29.9 Å². The molecule has 154 valence electrons. The molecule has 0 aliphatic carbocycles. The highest BCUT2D eigenvalue weighted by Crippen LogP contribution is 2.41. The number of ketones is 1. The van der Waals surface area contributed by atoms with Gasteiger partial charge in [-0.05, 0) is 45.4 Å². The van der Waals surface area contributed by atoms with Crippen LogP contribution in [0.2, 0.25) is 0 Å². The molecule has 0 saturated carbocycles. The van der Waals surface area contributed by atoms with Crippen LogP contribution in [0.15, 0.2) is 18.2 Å². The lowest BCUT2D eigenvalue weighted by Crippen LogP contribution is -2.44. The second-order valence-corrected chi connectivity index (χ2v) is 7.01. The predicted molar refractivity (Wildman–Crippen MR) is 91.4 cm³/mol. The first-order chi connectivity index (χ1) is 12.9. The summed E-state index contributed by atoms with van der Waals surface area (Å²) in [6.45, 7) is 4.98. The summed E-state index contributed by atoms with van der Waals surface area (Å²) >= 11 is 0. The molecule has 1 heterocycles. The molecule has 1 aromatic rings. The van der Waals surface area contributed by atoms with Gasteiger partial charge in [-0.2, -0.15) is 0 Å². The zero-order chi connectivity index (χ0) is 21.1. The van der Waals surface area contributed by atoms with Crippen molar-refractivity contribution in [1.82, 2.24) is 5.32 Å². The van der Waals surface area contributed by atoms with E-state index in [9.17, 15) is 23.2 Å². The minimum absolute atomic E-state index is 0.0741. The molecular formula is C18H21F2NO7. The second-order valence-electron chi connectivity index (χ2n) is 7.01. The average Bonchev–Trinajstić information content (AvgIpc) is 2.88. The van der Waals surface area contributed by atoms with Crippen LogP contribution in [0.4, 0.5) is 13.6 Å². The minimum Gasteiger partial charge on any atom is -0.467 e. The van der Waals surface area contributed by atoms with Crippen LogP contribution in [0.25, 0.3) is 0 Å². The maximum atomic E-state index is 13.1. The Hall–Kier alpha value is -2.91. The van der Waals surface area contributed by atoms with Gasteiger partial charge >= 0.3 is 18.4 Å². The molecule has 1 amide bonds. The number of amides is 1. The molecule has 0 bridgehead atoms. The van der Waals surface area contributed by atoms with Gasteiger partial charge in [0.25, 0.3) is 0 Å². The Balaban J connectivity index is 2.00. The van der Waals surface area contributed by atoms with E-state index >= 15 is 0 Å². The van der Waals surface area contributed by atoms with Crippen molar-refractivity contribution < 1.29 is 42.1 Å². The van der Waals surface area contributed by atoms with Crippen LogP contribution in [0.1, 0.15) is 44.0 Å². The molecule has 1 aliphatic rings. The lowest BCUT2D eigenvalue weighted by Gasteiger charge is -2.22. The highest BCUT2D eigenvalue weighted by Gasteiger charge is 2.43. The second kappa shape index (κ2) is 7.99. The number of esters is 1. The van der Waals surface area contributed by atoms with E-state index in [1.165, 1.54) is 12.1 Å². The van der Waals surface area contributed by atoms with E-state index in [0.29, 0.717) is 0 Å². The third-order valence-electron chi connectivity index (χ3n) is 3.56. The number of rotatable bonds is 6.